The summed E-state index contributed by atoms with van der Waals surface area (Å²) in [5, 5.41) is 13.9. The Morgan fingerprint density at radius 1 is 1.07 bits per heavy atom. The fraction of sp³-hybridized carbons (Fsp3) is 0. The number of nitrogens with zero attached hydrogens (tertiary/aromatic N) is 5. The van der Waals surface area contributed by atoms with E-state index < -0.39 is 0 Å². The molecule has 5 rings (SSSR count). The van der Waals surface area contributed by atoms with Gasteiger partial charge in [0.15, 0.2) is 10.8 Å². The lowest BCUT2D eigenvalue weighted by Gasteiger charge is -2.05. The first-order valence-electron chi connectivity index (χ1n) is 8.14. The van der Waals surface area contributed by atoms with Crippen LogP contribution in [0.2, 0.25) is 0 Å². The molecule has 2 aromatic carbocycles. The average molecular weight is 410 g/mol. The van der Waals surface area contributed by atoms with E-state index in [1.165, 1.54) is 35.2 Å². The van der Waals surface area contributed by atoms with Gasteiger partial charge in [-0.25, -0.2) is 9.37 Å². The van der Waals surface area contributed by atoms with Crippen LogP contribution >= 0.6 is 23.1 Å². The van der Waals surface area contributed by atoms with E-state index in [2.05, 4.69) is 20.3 Å². The number of nitrogen functional groups attached to an aromatic ring is 1. The van der Waals surface area contributed by atoms with Gasteiger partial charge < -0.3 is 10.5 Å². The van der Waals surface area contributed by atoms with Gasteiger partial charge in [-0.15, -0.1) is 15.3 Å². The molecule has 0 aliphatic carbocycles. The van der Waals surface area contributed by atoms with Gasteiger partial charge in [-0.05, 0) is 48.2 Å². The van der Waals surface area contributed by atoms with Crippen molar-refractivity contribution in [3.63, 3.8) is 0 Å². The van der Waals surface area contributed by atoms with Crippen LogP contribution in [0.15, 0.2) is 64.6 Å². The number of fused-ring (bicyclic) bond motifs is 2. The normalized spacial score (nSPS) is 11.3. The summed E-state index contributed by atoms with van der Waals surface area (Å²) in [6.07, 6.45) is 0. The molecule has 0 aliphatic heterocycles. The third kappa shape index (κ3) is 3.23. The molecular formula is C18H11FN6OS2. The molecule has 138 valence electrons. The van der Waals surface area contributed by atoms with E-state index in [0.29, 0.717) is 27.6 Å². The maximum absolute atomic E-state index is 13.4. The minimum Gasteiger partial charge on any atom is -0.437 e. The van der Waals surface area contributed by atoms with Crippen molar-refractivity contribution < 1.29 is 9.13 Å². The fourth-order valence-electron chi connectivity index (χ4n) is 2.61. The predicted molar refractivity (Wildman–Crippen MR) is 105 cm³/mol. The Bertz CT molecular complexity index is 1320. The number of thiazole rings is 1. The number of anilines is 1. The molecule has 10 heteroatoms. The van der Waals surface area contributed by atoms with E-state index in [-0.39, 0.29) is 5.82 Å². The number of benzene rings is 2. The molecule has 0 spiro atoms. The second kappa shape index (κ2) is 6.73. The van der Waals surface area contributed by atoms with Crippen molar-refractivity contribution in [2.45, 2.75) is 10.1 Å². The summed E-state index contributed by atoms with van der Waals surface area (Å²) < 4.78 is 21.6. The molecule has 0 saturated carbocycles. The molecule has 2 N–H and O–H groups in total. The summed E-state index contributed by atoms with van der Waals surface area (Å²) in [7, 11) is 0. The van der Waals surface area contributed by atoms with Gasteiger partial charge in [-0.1, -0.05) is 17.4 Å². The van der Waals surface area contributed by atoms with Gasteiger partial charge >= 0.3 is 0 Å². The maximum atomic E-state index is 13.4. The van der Waals surface area contributed by atoms with Gasteiger partial charge in [0.1, 0.15) is 11.6 Å². The number of rotatable bonds is 4. The van der Waals surface area contributed by atoms with Crippen molar-refractivity contribution in [2.75, 3.05) is 5.73 Å². The number of hydrogen-bond donors (Lipinski definition) is 1. The van der Waals surface area contributed by atoms with E-state index >= 15 is 0 Å². The number of aromatic nitrogens is 5. The van der Waals surface area contributed by atoms with Crippen LogP contribution in [-0.4, -0.2) is 24.8 Å². The second-order valence-corrected chi connectivity index (χ2v) is 7.87. The molecule has 0 fully saturated rings. The Hall–Kier alpha value is -3.24. The van der Waals surface area contributed by atoms with Gasteiger partial charge in [-0.3, -0.25) is 0 Å². The molecule has 0 bridgehead atoms. The average Bonchev–Trinajstić information content (AvgIpc) is 3.24. The molecule has 3 aromatic heterocycles. The van der Waals surface area contributed by atoms with Crippen molar-refractivity contribution >= 4 is 44.1 Å². The molecule has 0 saturated heterocycles. The zero-order valence-electron chi connectivity index (χ0n) is 14.1. The lowest BCUT2D eigenvalue weighted by molar-refractivity contribution is 0.445. The molecule has 0 amide bonds. The highest BCUT2D eigenvalue weighted by Crippen LogP contribution is 2.32. The summed E-state index contributed by atoms with van der Waals surface area (Å²) >= 11 is 2.85. The highest BCUT2D eigenvalue weighted by molar-refractivity contribution is 7.99. The maximum Gasteiger partial charge on any atom is 0.237 e. The Labute approximate surface area is 166 Å². The van der Waals surface area contributed by atoms with E-state index in [1.54, 1.807) is 28.8 Å². The third-order valence-electron chi connectivity index (χ3n) is 3.81. The van der Waals surface area contributed by atoms with Crippen molar-refractivity contribution in [1.82, 2.24) is 24.8 Å². The molecule has 0 unspecified atom stereocenters. The quantitative estimate of drug-likeness (QED) is 0.469. The topological polar surface area (TPSA) is 91.2 Å². The van der Waals surface area contributed by atoms with Gasteiger partial charge in [-0.2, -0.15) is 4.52 Å². The Kier molecular flexibility index (Phi) is 4.06. The van der Waals surface area contributed by atoms with Crippen molar-refractivity contribution in [3.05, 3.63) is 60.4 Å². The van der Waals surface area contributed by atoms with E-state index in [4.69, 9.17) is 10.5 Å². The fourth-order valence-corrected chi connectivity index (χ4v) is 4.29. The summed E-state index contributed by atoms with van der Waals surface area (Å²) in [5.41, 5.74) is 7.21. The Morgan fingerprint density at radius 2 is 2.00 bits per heavy atom. The first kappa shape index (κ1) is 16.9. The smallest absolute Gasteiger partial charge is 0.237 e. The summed E-state index contributed by atoms with van der Waals surface area (Å²) in [6, 6.07) is 15.1. The molecule has 0 aliphatic rings. The van der Waals surface area contributed by atoms with E-state index in [0.717, 1.165) is 15.1 Å². The van der Waals surface area contributed by atoms with Crippen LogP contribution < -0.4 is 10.5 Å². The van der Waals surface area contributed by atoms with Crippen LogP contribution in [0.3, 0.4) is 0 Å². The molecule has 0 radical (unpaired) electrons. The van der Waals surface area contributed by atoms with Crippen molar-refractivity contribution in [3.8, 4) is 11.6 Å². The zero-order valence-corrected chi connectivity index (χ0v) is 15.7. The standard InChI is InChI=1S/C18H11FN6OS2/c19-10-2-1-3-11(8-10)26-16-7-6-15-22-23-18(25(15)24-16)27-12-4-5-13-14(9-12)28-17(20)21-13/h1-9H,(H2,20,21). The lowest BCUT2D eigenvalue weighted by atomic mass is 10.3. The highest BCUT2D eigenvalue weighted by Gasteiger charge is 2.12. The van der Waals surface area contributed by atoms with Gasteiger partial charge in [0, 0.05) is 17.0 Å². The van der Waals surface area contributed by atoms with Crippen LogP contribution in [0.1, 0.15) is 0 Å². The molecule has 3 heterocycles. The molecule has 0 atom stereocenters. The largest absolute Gasteiger partial charge is 0.437 e. The van der Waals surface area contributed by atoms with E-state index in [9.17, 15) is 4.39 Å². The molecule has 5 aromatic rings. The van der Waals surface area contributed by atoms with Gasteiger partial charge in [0.25, 0.3) is 0 Å². The van der Waals surface area contributed by atoms with Crippen LogP contribution in [0.5, 0.6) is 11.6 Å². The predicted octanol–water partition coefficient (Wildman–Crippen LogP) is 4.40. The monoisotopic (exact) mass is 410 g/mol. The number of halogens is 1. The van der Waals surface area contributed by atoms with Crippen molar-refractivity contribution in [2.24, 2.45) is 0 Å². The SMILES string of the molecule is Nc1nc2ccc(Sc3nnc4ccc(Oc5cccc(F)c5)nn34)cc2s1. The minimum absolute atomic E-state index is 0.311. The lowest BCUT2D eigenvalue weighted by Crippen LogP contribution is -1.97. The van der Waals surface area contributed by atoms with E-state index in [1.807, 2.05) is 18.2 Å². The second-order valence-electron chi connectivity index (χ2n) is 5.77. The first-order valence-corrected chi connectivity index (χ1v) is 9.77. The van der Waals surface area contributed by atoms with Gasteiger partial charge in [0.05, 0.1) is 10.2 Å². The summed E-state index contributed by atoms with van der Waals surface area (Å²) in [6.45, 7) is 0. The first-order chi connectivity index (χ1) is 13.6. The highest BCUT2D eigenvalue weighted by atomic mass is 32.2. The van der Waals surface area contributed by atoms with Crippen LogP contribution in [-0.2, 0) is 0 Å². The third-order valence-corrected chi connectivity index (χ3v) is 5.59. The number of ether oxygens (including phenoxy) is 1. The van der Waals surface area contributed by atoms with Crippen LogP contribution in [0.25, 0.3) is 15.9 Å². The molecule has 28 heavy (non-hydrogen) atoms. The van der Waals surface area contributed by atoms with Crippen molar-refractivity contribution in [1.29, 1.82) is 0 Å². The summed E-state index contributed by atoms with van der Waals surface area (Å²) in [4.78, 5) is 5.22. The summed E-state index contributed by atoms with van der Waals surface area (Å²) in [5.74, 6) is 0.297. The van der Waals surface area contributed by atoms with Crippen LogP contribution in [0, 0.1) is 5.82 Å². The zero-order chi connectivity index (χ0) is 19.1. The Balaban J connectivity index is 1.47. The van der Waals surface area contributed by atoms with Crippen LogP contribution in [0.4, 0.5) is 9.52 Å². The number of hydrogen-bond acceptors (Lipinski definition) is 8. The minimum atomic E-state index is -0.377. The molecule has 7 nitrogen and oxygen atoms in total. The Morgan fingerprint density at radius 3 is 2.89 bits per heavy atom. The van der Waals surface area contributed by atoms with Gasteiger partial charge in [0.2, 0.25) is 11.0 Å². The number of nitrogens with two attached hydrogens (primary N) is 1. The molecular weight excluding hydrogens is 399 g/mol.